The summed E-state index contributed by atoms with van der Waals surface area (Å²) in [6.07, 6.45) is 0. The zero-order valence-corrected chi connectivity index (χ0v) is 18.4. The van der Waals surface area contributed by atoms with Crippen LogP contribution in [0.1, 0.15) is 11.1 Å². The lowest BCUT2D eigenvalue weighted by Gasteiger charge is -2.09. The largest absolute Gasteiger partial charge is 0.237 e. The minimum Gasteiger partial charge on any atom is -0.237 e. The van der Waals surface area contributed by atoms with Gasteiger partial charge in [0.1, 0.15) is 4.83 Å². The van der Waals surface area contributed by atoms with Crippen LogP contribution in [0.25, 0.3) is 52.1 Å². The maximum atomic E-state index is 4.97. The molecule has 0 aliphatic carbocycles. The monoisotopic (exact) mass is 421 g/mol. The van der Waals surface area contributed by atoms with Crippen LogP contribution in [-0.4, -0.2) is 4.98 Å². The third-order valence-electron chi connectivity index (χ3n) is 5.80. The van der Waals surface area contributed by atoms with Crippen molar-refractivity contribution in [3.05, 3.63) is 90.0 Å². The van der Waals surface area contributed by atoms with E-state index in [9.17, 15) is 0 Å². The number of benzene rings is 3. The Morgan fingerprint density at radius 1 is 0.733 bits per heavy atom. The molecule has 0 aliphatic heterocycles. The highest BCUT2D eigenvalue weighted by atomic mass is 32.1. The van der Waals surface area contributed by atoms with E-state index in [0.29, 0.717) is 0 Å². The predicted molar refractivity (Wildman–Crippen MR) is 133 cm³/mol. The van der Waals surface area contributed by atoms with Crippen LogP contribution in [0.4, 0.5) is 0 Å². The van der Waals surface area contributed by atoms with Gasteiger partial charge in [0.25, 0.3) is 0 Å². The molecule has 3 aromatic carbocycles. The minimum atomic E-state index is 1.03. The first-order chi connectivity index (χ1) is 14.7. The lowest BCUT2D eigenvalue weighted by molar-refractivity contribution is 1.43. The van der Waals surface area contributed by atoms with Gasteiger partial charge in [0.05, 0.1) is 5.69 Å². The molecule has 0 saturated heterocycles. The van der Waals surface area contributed by atoms with Crippen LogP contribution in [0.15, 0.2) is 78.9 Å². The molecule has 0 amide bonds. The number of fused-ring (bicyclic) bond motifs is 4. The van der Waals surface area contributed by atoms with Crippen molar-refractivity contribution < 1.29 is 0 Å². The second kappa shape index (κ2) is 6.76. The Balaban J connectivity index is 1.55. The molecule has 6 aromatic rings. The van der Waals surface area contributed by atoms with Gasteiger partial charge in [0.2, 0.25) is 0 Å². The van der Waals surface area contributed by atoms with Crippen molar-refractivity contribution in [3.8, 4) is 21.7 Å². The summed E-state index contributed by atoms with van der Waals surface area (Å²) in [7, 11) is 0. The van der Waals surface area contributed by atoms with E-state index >= 15 is 0 Å². The van der Waals surface area contributed by atoms with Gasteiger partial charge in [-0.3, -0.25) is 0 Å². The lowest BCUT2D eigenvalue weighted by Crippen LogP contribution is -1.86. The number of hydrogen-bond donors (Lipinski definition) is 0. The molecule has 0 N–H and O–H groups in total. The molecule has 30 heavy (non-hydrogen) atoms. The first-order valence-corrected chi connectivity index (χ1v) is 11.7. The molecule has 3 aromatic heterocycles. The molecule has 0 bridgehead atoms. The summed E-state index contributed by atoms with van der Waals surface area (Å²) in [6, 6.07) is 28.1. The zero-order valence-electron chi connectivity index (χ0n) is 16.8. The molecule has 0 aliphatic rings. The van der Waals surface area contributed by atoms with Gasteiger partial charge in [-0.2, -0.15) is 0 Å². The quantitative estimate of drug-likeness (QED) is 0.273. The fourth-order valence-electron chi connectivity index (χ4n) is 4.37. The van der Waals surface area contributed by atoms with Gasteiger partial charge in [-0.25, -0.2) is 4.98 Å². The molecule has 6 rings (SSSR count). The van der Waals surface area contributed by atoms with Crippen molar-refractivity contribution in [1.82, 2.24) is 4.98 Å². The summed E-state index contributed by atoms with van der Waals surface area (Å²) < 4.78 is 2.75. The Bertz CT molecular complexity index is 1550. The summed E-state index contributed by atoms with van der Waals surface area (Å²) in [6.45, 7) is 4.51. The molecule has 3 heterocycles. The van der Waals surface area contributed by atoms with Gasteiger partial charge in [-0.05, 0) is 60.9 Å². The molecule has 0 atom stereocenters. The number of hydrogen-bond acceptors (Lipinski definition) is 3. The number of nitrogens with zero attached hydrogens (tertiary/aromatic N) is 1. The van der Waals surface area contributed by atoms with Crippen molar-refractivity contribution in [1.29, 1.82) is 0 Å². The van der Waals surface area contributed by atoms with E-state index in [2.05, 4.69) is 86.6 Å². The highest BCUT2D eigenvalue weighted by molar-refractivity contribution is 7.26. The standard InChI is InChI=1S/C27H19NS2/c1-16-14-21-20-10-6-7-11-23(20)29-26(21)17(2)25(16)24-15-19-12-13-22(28-27(19)30-24)18-8-4-3-5-9-18/h3-15H,1-2H3. The number of aromatic nitrogens is 1. The maximum Gasteiger partial charge on any atom is 0.124 e. The van der Waals surface area contributed by atoms with Gasteiger partial charge < -0.3 is 0 Å². The average molecular weight is 422 g/mol. The third-order valence-corrected chi connectivity index (χ3v) is 8.17. The van der Waals surface area contributed by atoms with Crippen LogP contribution in [0.3, 0.4) is 0 Å². The maximum absolute atomic E-state index is 4.97. The molecular formula is C27H19NS2. The van der Waals surface area contributed by atoms with Crippen molar-refractivity contribution in [2.24, 2.45) is 0 Å². The van der Waals surface area contributed by atoms with Gasteiger partial charge in [0.15, 0.2) is 0 Å². The molecule has 1 nitrogen and oxygen atoms in total. The summed E-state index contributed by atoms with van der Waals surface area (Å²) in [4.78, 5) is 7.37. The van der Waals surface area contributed by atoms with Crippen LogP contribution in [0, 0.1) is 13.8 Å². The van der Waals surface area contributed by atoms with Crippen LogP contribution in [0.5, 0.6) is 0 Å². The fourth-order valence-corrected chi connectivity index (χ4v) is 6.76. The van der Waals surface area contributed by atoms with Gasteiger partial charge in [-0.15, -0.1) is 22.7 Å². The summed E-state index contributed by atoms with van der Waals surface area (Å²) >= 11 is 3.70. The molecule has 0 fully saturated rings. The Morgan fingerprint density at radius 2 is 1.53 bits per heavy atom. The Labute approximate surface area is 183 Å². The zero-order chi connectivity index (χ0) is 20.2. The molecular weight excluding hydrogens is 402 g/mol. The topological polar surface area (TPSA) is 12.9 Å². The van der Waals surface area contributed by atoms with Crippen molar-refractivity contribution in [2.75, 3.05) is 0 Å². The van der Waals surface area contributed by atoms with Crippen molar-refractivity contribution in [3.63, 3.8) is 0 Å². The number of aryl methyl sites for hydroxylation is 2. The predicted octanol–water partition coefficient (Wildman–Crippen LogP) is 8.62. The van der Waals surface area contributed by atoms with Crippen molar-refractivity contribution in [2.45, 2.75) is 13.8 Å². The van der Waals surface area contributed by atoms with Gasteiger partial charge in [-0.1, -0.05) is 48.5 Å². The van der Waals surface area contributed by atoms with E-state index in [0.717, 1.165) is 16.1 Å². The number of thiophene rings is 2. The smallest absolute Gasteiger partial charge is 0.124 e. The summed E-state index contributed by atoms with van der Waals surface area (Å²) in [5.74, 6) is 0. The molecule has 0 unspecified atom stereocenters. The Morgan fingerprint density at radius 3 is 2.40 bits per heavy atom. The van der Waals surface area contributed by atoms with Crippen LogP contribution in [0.2, 0.25) is 0 Å². The van der Waals surface area contributed by atoms with Crippen LogP contribution >= 0.6 is 22.7 Å². The second-order valence-corrected chi connectivity index (χ2v) is 9.82. The highest BCUT2D eigenvalue weighted by Crippen LogP contribution is 2.44. The minimum absolute atomic E-state index is 1.03. The SMILES string of the molecule is Cc1cc2c(sc3ccccc32)c(C)c1-c1cc2ccc(-c3ccccc3)nc2s1. The van der Waals surface area contributed by atoms with Gasteiger partial charge in [0, 0.05) is 36.0 Å². The van der Waals surface area contributed by atoms with E-state index in [1.165, 1.54) is 47.1 Å². The summed E-state index contributed by atoms with van der Waals surface area (Å²) in [5.41, 5.74) is 6.26. The molecule has 0 saturated carbocycles. The number of pyridine rings is 1. The van der Waals surface area contributed by atoms with E-state index in [4.69, 9.17) is 4.98 Å². The molecule has 3 heteroatoms. The molecule has 144 valence electrons. The lowest BCUT2D eigenvalue weighted by atomic mass is 9.98. The van der Waals surface area contributed by atoms with Gasteiger partial charge >= 0.3 is 0 Å². The van der Waals surface area contributed by atoms with Crippen LogP contribution in [-0.2, 0) is 0 Å². The van der Waals surface area contributed by atoms with Crippen molar-refractivity contribution >= 4 is 53.1 Å². The highest BCUT2D eigenvalue weighted by Gasteiger charge is 2.16. The molecule has 0 radical (unpaired) electrons. The normalized spacial score (nSPS) is 11.7. The van der Waals surface area contributed by atoms with Crippen LogP contribution < -0.4 is 0 Å². The van der Waals surface area contributed by atoms with E-state index < -0.39 is 0 Å². The third kappa shape index (κ3) is 2.70. The second-order valence-electron chi connectivity index (χ2n) is 7.74. The number of rotatable bonds is 2. The Hall–Kier alpha value is -3.01. The van der Waals surface area contributed by atoms with E-state index in [1.54, 1.807) is 11.3 Å². The first-order valence-electron chi connectivity index (χ1n) is 10.1. The van der Waals surface area contributed by atoms with E-state index in [-0.39, 0.29) is 0 Å². The van der Waals surface area contributed by atoms with E-state index in [1.807, 2.05) is 17.4 Å². The molecule has 0 spiro atoms. The average Bonchev–Trinajstić information content (AvgIpc) is 3.35. The first kappa shape index (κ1) is 17.8. The summed E-state index contributed by atoms with van der Waals surface area (Å²) in [5, 5.41) is 3.95. The Kier molecular flexibility index (Phi) is 4.02. The fraction of sp³-hybridized carbons (Fsp3) is 0.0741.